The van der Waals surface area contributed by atoms with Crippen LogP contribution in [0.25, 0.3) is 6.08 Å². The number of carbonyl (C=O) groups is 3. The van der Waals surface area contributed by atoms with Crippen LogP contribution < -0.4 is 16.0 Å². The SMILES string of the molecule is CNC(=O)c1nnc(NC(=O)C2CC2)cc1Nc1csc2c1C(=O)C(C)C=C2. The molecule has 0 bridgehead atoms. The van der Waals surface area contributed by atoms with Gasteiger partial charge in [0, 0.05) is 35.2 Å². The van der Waals surface area contributed by atoms with E-state index >= 15 is 0 Å². The largest absolute Gasteiger partial charge is 0.354 e. The minimum Gasteiger partial charge on any atom is -0.354 e. The second-order valence-electron chi connectivity index (χ2n) is 6.86. The molecule has 9 heteroatoms. The van der Waals surface area contributed by atoms with Gasteiger partial charge in [-0.15, -0.1) is 21.5 Å². The molecule has 1 fully saturated rings. The number of anilines is 3. The van der Waals surface area contributed by atoms with Crippen LogP contribution in [-0.4, -0.2) is 34.8 Å². The van der Waals surface area contributed by atoms with Crippen molar-refractivity contribution in [2.45, 2.75) is 19.8 Å². The Kier molecular flexibility index (Phi) is 4.68. The monoisotopic (exact) mass is 397 g/mol. The summed E-state index contributed by atoms with van der Waals surface area (Å²) >= 11 is 1.45. The fraction of sp³-hybridized carbons (Fsp3) is 0.316. The maximum atomic E-state index is 12.6. The molecule has 1 atom stereocenters. The van der Waals surface area contributed by atoms with Gasteiger partial charge in [-0.3, -0.25) is 14.4 Å². The number of rotatable bonds is 5. The van der Waals surface area contributed by atoms with Crippen molar-refractivity contribution in [2.75, 3.05) is 17.7 Å². The number of hydrogen-bond donors (Lipinski definition) is 3. The molecular weight excluding hydrogens is 378 g/mol. The van der Waals surface area contributed by atoms with Crippen molar-refractivity contribution >= 4 is 52.2 Å². The molecule has 0 aromatic carbocycles. The molecule has 1 unspecified atom stereocenters. The van der Waals surface area contributed by atoms with Gasteiger partial charge in [0.1, 0.15) is 0 Å². The maximum Gasteiger partial charge on any atom is 0.273 e. The van der Waals surface area contributed by atoms with Crippen LogP contribution in [0.3, 0.4) is 0 Å². The number of carbonyl (C=O) groups excluding carboxylic acids is 3. The molecular formula is C19H19N5O3S. The number of fused-ring (bicyclic) bond motifs is 1. The number of hydrogen-bond acceptors (Lipinski definition) is 7. The molecule has 28 heavy (non-hydrogen) atoms. The van der Waals surface area contributed by atoms with Crippen LogP contribution in [0, 0.1) is 11.8 Å². The van der Waals surface area contributed by atoms with Gasteiger partial charge in [0.05, 0.1) is 16.9 Å². The summed E-state index contributed by atoms with van der Waals surface area (Å²) in [6.07, 6.45) is 5.55. The smallest absolute Gasteiger partial charge is 0.273 e. The first-order valence-corrected chi connectivity index (χ1v) is 9.87. The lowest BCUT2D eigenvalue weighted by Crippen LogP contribution is -2.23. The van der Waals surface area contributed by atoms with Crippen LogP contribution in [0.1, 0.15) is 45.5 Å². The minimum atomic E-state index is -0.418. The van der Waals surface area contributed by atoms with E-state index in [-0.39, 0.29) is 35.0 Å². The highest BCUT2D eigenvalue weighted by Gasteiger charge is 2.30. The highest BCUT2D eigenvalue weighted by atomic mass is 32.1. The highest BCUT2D eigenvalue weighted by molar-refractivity contribution is 7.12. The van der Waals surface area contributed by atoms with Crippen molar-refractivity contribution < 1.29 is 14.4 Å². The molecule has 2 aliphatic rings. The Morgan fingerprint density at radius 3 is 2.71 bits per heavy atom. The second-order valence-corrected chi connectivity index (χ2v) is 7.77. The fourth-order valence-corrected chi connectivity index (χ4v) is 3.85. The normalized spacial score (nSPS) is 17.8. The number of amides is 2. The van der Waals surface area contributed by atoms with Gasteiger partial charge in [-0.2, -0.15) is 0 Å². The summed E-state index contributed by atoms with van der Waals surface area (Å²) in [5.74, 6) is -0.423. The molecule has 4 rings (SSSR count). The van der Waals surface area contributed by atoms with Gasteiger partial charge in [0.2, 0.25) is 5.91 Å². The van der Waals surface area contributed by atoms with E-state index in [1.54, 1.807) is 6.07 Å². The van der Waals surface area contributed by atoms with Crippen LogP contribution in [0.4, 0.5) is 17.2 Å². The molecule has 0 saturated heterocycles. The van der Waals surface area contributed by atoms with E-state index in [1.807, 2.05) is 24.5 Å². The zero-order valence-corrected chi connectivity index (χ0v) is 16.2. The highest BCUT2D eigenvalue weighted by Crippen LogP contribution is 2.37. The van der Waals surface area contributed by atoms with Gasteiger partial charge in [0.25, 0.3) is 5.91 Å². The average molecular weight is 397 g/mol. The average Bonchev–Trinajstić information content (AvgIpc) is 3.46. The second kappa shape index (κ2) is 7.16. The number of thiophene rings is 1. The van der Waals surface area contributed by atoms with Crippen molar-refractivity contribution in [1.82, 2.24) is 15.5 Å². The summed E-state index contributed by atoms with van der Waals surface area (Å²) in [6, 6.07) is 1.56. The molecule has 2 amide bonds. The van der Waals surface area contributed by atoms with E-state index < -0.39 is 5.91 Å². The number of nitrogens with zero attached hydrogens (tertiary/aromatic N) is 2. The molecule has 8 nitrogen and oxygen atoms in total. The summed E-state index contributed by atoms with van der Waals surface area (Å²) in [7, 11) is 1.50. The number of allylic oxidation sites excluding steroid dienone is 1. The van der Waals surface area contributed by atoms with Crippen LogP contribution in [-0.2, 0) is 4.79 Å². The Morgan fingerprint density at radius 2 is 2.00 bits per heavy atom. The third kappa shape index (κ3) is 3.40. The summed E-state index contributed by atoms with van der Waals surface area (Å²) in [4.78, 5) is 37.7. The van der Waals surface area contributed by atoms with E-state index in [4.69, 9.17) is 0 Å². The minimum absolute atomic E-state index is 0.0200. The summed E-state index contributed by atoms with van der Waals surface area (Å²) in [5.41, 5.74) is 1.66. The zero-order valence-electron chi connectivity index (χ0n) is 15.4. The molecule has 0 radical (unpaired) electrons. The first kappa shape index (κ1) is 18.3. The summed E-state index contributed by atoms with van der Waals surface area (Å²) < 4.78 is 0. The quantitative estimate of drug-likeness (QED) is 0.715. The van der Waals surface area contributed by atoms with Gasteiger partial charge in [-0.25, -0.2) is 0 Å². The molecule has 2 aromatic heterocycles. The number of ketones is 1. The summed E-state index contributed by atoms with van der Waals surface area (Å²) in [6.45, 7) is 1.85. The first-order chi connectivity index (χ1) is 13.5. The van der Waals surface area contributed by atoms with Crippen LogP contribution in [0.5, 0.6) is 0 Å². The molecule has 144 valence electrons. The topological polar surface area (TPSA) is 113 Å². The van der Waals surface area contributed by atoms with E-state index in [0.717, 1.165) is 17.7 Å². The molecule has 3 N–H and O–H groups in total. The predicted octanol–water partition coefficient (Wildman–Crippen LogP) is 2.84. The van der Waals surface area contributed by atoms with Gasteiger partial charge in [0.15, 0.2) is 17.3 Å². The van der Waals surface area contributed by atoms with Crippen molar-refractivity contribution in [3.05, 3.63) is 33.7 Å². The van der Waals surface area contributed by atoms with Crippen LogP contribution in [0.15, 0.2) is 17.5 Å². The van der Waals surface area contributed by atoms with E-state index in [9.17, 15) is 14.4 Å². The van der Waals surface area contributed by atoms with Crippen molar-refractivity contribution in [3.63, 3.8) is 0 Å². The molecule has 0 spiro atoms. The fourth-order valence-electron chi connectivity index (χ4n) is 2.94. The molecule has 2 aliphatic carbocycles. The first-order valence-electron chi connectivity index (χ1n) is 8.99. The van der Waals surface area contributed by atoms with Crippen LogP contribution in [0.2, 0.25) is 0 Å². The Balaban J connectivity index is 1.68. The van der Waals surface area contributed by atoms with Crippen molar-refractivity contribution in [2.24, 2.45) is 11.8 Å². The third-order valence-corrected chi connectivity index (χ3v) is 5.67. The maximum absolute atomic E-state index is 12.6. The molecule has 1 saturated carbocycles. The van der Waals surface area contributed by atoms with E-state index in [1.165, 1.54) is 18.4 Å². The van der Waals surface area contributed by atoms with Gasteiger partial charge in [-0.1, -0.05) is 13.0 Å². The van der Waals surface area contributed by atoms with E-state index in [2.05, 4.69) is 26.1 Å². The van der Waals surface area contributed by atoms with Crippen LogP contribution >= 0.6 is 11.3 Å². The summed E-state index contributed by atoms with van der Waals surface area (Å²) in [5, 5.41) is 18.1. The molecule has 0 aliphatic heterocycles. The lowest BCUT2D eigenvalue weighted by Gasteiger charge is -2.15. The van der Waals surface area contributed by atoms with Crippen molar-refractivity contribution in [1.29, 1.82) is 0 Å². The van der Waals surface area contributed by atoms with Gasteiger partial charge < -0.3 is 16.0 Å². The third-order valence-electron chi connectivity index (χ3n) is 4.72. The Hall–Kier alpha value is -3.07. The lowest BCUT2D eigenvalue weighted by molar-refractivity contribution is -0.117. The van der Waals surface area contributed by atoms with E-state index in [0.29, 0.717) is 16.9 Å². The van der Waals surface area contributed by atoms with Crippen molar-refractivity contribution in [3.8, 4) is 0 Å². The zero-order chi connectivity index (χ0) is 19.8. The number of Topliss-reactive ketones (excluding diaryl/α,β-unsaturated/α-hetero) is 1. The Bertz CT molecular complexity index is 1010. The van der Waals surface area contributed by atoms with Gasteiger partial charge in [-0.05, 0) is 18.9 Å². The molecule has 2 aromatic rings. The molecule has 2 heterocycles. The lowest BCUT2D eigenvalue weighted by atomic mass is 9.93. The predicted molar refractivity (Wildman–Crippen MR) is 107 cm³/mol. The number of aromatic nitrogens is 2. The Morgan fingerprint density at radius 1 is 1.21 bits per heavy atom. The Labute approximate surface area is 165 Å². The van der Waals surface area contributed by atoms with Gasteiger partial charge >= 0.3 is 0 Å². The standard InChI is InChI=1S/C19H19N5O3S/c1-9-3-6-13-15(17(9)25)12(8-28-13)21-11-7-14(22-18(26)10-4-5-10)23-24-16(11)19(27)20-2/h3,6-10H,4-5H2,1-2H3,(H,20,27)(H2,21,22,23,26). The number of nitrogens with one attached hydrogen (secondary N) is 3.